The minimum atomic E-state index is -4.81. The van der Waals surface area contributed by atoms with E-state index < -0.39 is 36.1 Å². The summed E-state index contributed by atoms with van der Waals surface area (Å²) in [4.78, 5) is 33.8. The van der Waals surface area contributed by atoms with E-state index in [9.17, 15) is 22.8 Å². The van der Waals surface area contributed by atoms with Crippen molar-refractivity contribution >= 4 is 40.7 Å². The number of halogens is 5. The van der Waals surface area contributed by atoms with E-state index in [0.29, 0.717) is 11.1 Å². The summed E-state index contributed by atoms with van der Waals surface area (Å²) >= 11 is 11.8. The van der Waals surface area contributed by atoms with Gasteiger partial charge >= 0.3 is 6.18 Å². The normalized spacial score (nSPS) is 22.5. The largest absolute Gasteiger partial charge is 0.435 e. The van der Waals surface area contributed by atoms with Crippen LogP contribution in [0.1, 0.15) is 33.5 Å². The average molecular weight is 502 g/mol. The monoisotopic (exact) mass is 501 g/mol. The van der Waals surface area contributed by atoms with Gasteiger partial charge in [-0.05, 0) is 48.4 Å². The molecule has 4 rings (SSSR count). The summed E-state index contributed by atoms with van der Waals surface area (Å²) in [5.74, 6) is -0.993. The Morgan fingerprint density at radius 1 is 1.21 bits per heavy atom. The summed E-state index contributed by atoms with van der Waals surface area (Å²) in [5, 5.41) is 6.31. The number of amides is 2. The molecular weight excluding hydrogens is 486 g/mol. The number of carbonyl (C=O) groups excluding carboxylic acids is 2. The van der Waals surface area contributed by atoms with Gasteiger partial charge in [-0.3, -0.25) is 14.4 Å². The third-order valence-corrected chi connectivity index (χ3v) is 5.80. The Bertz CT molecular complexity index is 1150. The molecule has 0 radical (unpaired) electrons. The molecule has 2 aromatic carbocycles. The molecule has 12 heteroatoms. The van der Waals surface area contributed by atoms with Gasteiger partial charge in [-0.15, -0.1) is 0 Å². The molecule has 2 N–H and O–H groups in total. The second-order valence-corrected chi connectivity index (χ2v) is 8.49. The topological polar surface area (TPSA) is 89.0 Å². The maximum Gasteiger partial charge on any atom is 0.435 e. The number of hydroxylamine groups is 1. The lowest BCUT2D eigenvalue weighted by Gasteiger charge is -2.29. The molecule has 7 nitrogen and oxygen atoms in total. The smallest absolute Gasteiger partial charge is 0.374 e. The number of benzene rings is 2. The van der Waals surface area contributed by atoms with Gasteiger partial charge in [-0.1, -0.05) is 34.4 Å². The van der Waals surface area contributed by atoms with E-state index in [1.807, 2.05) is 0 Å². The van der Waals surface area contributed by atoms with Gasteiger partial charge in [0.1, 0.15) is 12.6 Å². The quantitative estimate of drug-likeness (QED) is 0.661. The summed E-state index contributed by atoms with van der Waals surface area (Å²) in [7, 11) is 0. The van der Waals surface area contributed by atoms with Gasteiger partial charge in [0.2, 0.25) is 0 Å². The van der Waals surface area contributed by atoms with E-state index in [1.165, 1.54) is 24.3 Å². The van der Waals surface area contributed by atoms with Crippen LogP contribution < -0.4 is 10.8 Å². The van der Waals surface area contributed by atoms with E-state index in [2.05, 4.69) is 16.0 Å². The molecule has 33 heavy (non-hydrogen) atoms. The Kier molecular flexibility index (Phi) is 6.02. The SMILES string of the molecule is Cc1cc(C2=NOC(c3cc(Cl)cc(Cl)c3)(C(F)(F)F)C2)ccc1C(=O)N[C@@H]1CONC1=O. The second-order valence-electron chi connectivity index (χ2n) is 7.62. The number of nitrogens with one attached hydrogen (secondary N) is 2. The molecule has 1 fully saturated rings. The van der Waals surface area contributed by atoms with Crippen molar-refractivity contribution in [3.05, 3.63) is 68.7 Å². The summed E-state index contributed by atoms with van der Waals surface area (Å²) in [6.07, 6.45) is -5.43. The first-order valence-corrected chi connectivity index (χ1v) is 10.4. The van der Waals surface area contributed by atoms with Gasteiger partial charge in [0.05, 0.1) is 5.71 Å². The summed E-state index contributed by atoms with van der Waals surface area (Å²) in [6.45, 7) is 1.61. The van der Waals surface area contributed by atoms with Crippen LogP contribution in [0.25, 0.3) is 0 Å². The fraction of sp³-hybridized carbons (Fsp3) is 0.286. The van der Waals surface area contributed by atoms with Gasteiger partial charge in [-0.25, -0.2) is 5.48 Å². The highest BCUT2D eigenvalue weighted by Crippen LogP contribution is 2.49. The van der Waals surface area contributed by atoms with Crippen molar-refractivity contribution in [1.29, 1.82) is 0 Å². The maximum atomic E-state index is 14.1. The van der Waals surface area contributed by atoms with Crippen molar-refractivity contribution in [2.75, 3.05) is 6.61 Å². The molecule has 2 aromatic rings. The maximum absolute atomic E-state index is 14.1. The van der Waals surface area contributed by atoms with Crippen molar-refractivity contribution in [2.24, 2.45) is 5.16 Å². The Hall–Kier alpha value is -2.82. The summed E-state index contributed by atoms with van der Waals surface area (Å²) < 4.78 is 42.4. The summed E-state index contributed by atoms with van der Waals surface area (Å²) in [6, 6.07) is 7.21. The minimum absolute atomic E-state index is 0.0110. The molecule has 2 aliphatic heterocycles. The third-order valence-electron chi connectivity index (χ3n) is 5.36. The molecule has 1 unspecified atom stereocenters. The number of hydrogen-bond acceptors (Lipinski definition) is 5. The number of carbonyl (C=O) groups is 2. The molecule has 0 saturated carbocycles. The van der Waals surface area contributed by atoms with Gasteiger partial charge in [0, 0.05) is 27.6 Å². The highest BCUT2D eigenvalue weighted by Gasteiger charge is 2.62. The van der Waals surface area contributed by atoms with Crippen LogP contribution >= 0.6 is 23.2 Å². The van der Waals surface area contributed by atoms with Gasteiger partial charge in [0.25, 0.3) is 17.4 Å². The van der Waals surface area contributed by atoms with E-state index in [1.54, 1.807) is 6.92 Å². The zero-order valence-corrected chi connectivity index (χ0v) is 18.4. The lowest BCUT2D eigenvalue weighted by Crippen LogP contribution is -2.42. The standard InChI is InChI=1S/C21H16Cl2F3N3O4/c1-10-4-11(2-3-15(10)18(30)27-17-9-32-29-19(17)31)16-8-20(33-28-16,21(24,25)26)12-5-13(22)7-14(23)6-12/h2-7,17H,8-9H2,1H3,(H,27,30)(H,29,31)/t17-,20?/m1/s1. The number of nitrogens with zero attached hydrogens (tertiary/aromatic N) is 1. The highest BCUT2D eigenvalue weighted by atomic mass is 35.5. The van der Waals surface area contributed by atoms with Gasteiger partial charge in [0.15, 0.2) is 0 Å². The third kappa shape index (κ3) is 4.38. The van der Waals surface area contributed by atoms with Crippen LogP contribution in [0.2, 0.25) is 10.0 Å². The number of rotatable bonds is 4. The number of oxime groups is 1. The number of alkyl halides is 3. The molecule has 2 amide bonds. The molecule has 0 aromatic heterocycles. The van der Waals surface area contributed by atoms with Gasteiger partial charge in [-0.2, -0.15) is 13.2 Å². The van der Waals surface area contributed by atoms with Crippen LogP contribution in [0, 0.1) is 6.92 Å². The molecule has 2 atom stereocenters. The Balaban J connectivity index is 1.59. The zero-order chi connectivity index (χ0) is 24.0. The van der Waals surface area contributed by atoms with Crippen LogP contribution in [0.15, 0.2) is 41.6 Å². The fourth-order valence-electron chi connectivity index (χ4n) is 3.63. The predicted molar refractivity (Wildman–Crippen MR) is 113 cm³/mol. The summed E-state index contributed by atoms with van der Waals surface area (Å²) in [5.41, 5.74) is 0.236. The minimum Gasteiger partial charge on any atom is -0.374 e. The van der Waals surface area contributed by atoms with Gasteiger partial charge < -0.3 is 10.2 Å². The van der Waals surface area contributed by atoms with Crippen molar-refractivity contribution in [3.8, 4) is 0 Å². The average Bonchev–Trinajstić information content (AvgIpc) is 3.34. The zero-order valence-electron chi connectivity index (χ0n) is 16.9. The second kappa shape index (κ2) is 8.51. The highest BCUT2D eigenvalue weighted by molar-refractivity contribution is 6.34. The molecule has 2 aliphatic rings. The van der Waals surface area contributed by atoms with Crippen LogP contribution in [0.4, 0.5) is 13.2 Å². The Labute approximate surface area is 195 Å². The fourth-order valence-corrected chi connectivity index (χ4v) is 4.16. The van der Waals surface area contributed by atoms with Crippen LogP contribution in [0.3, 0.4) is 0 Å². The van der Waals surface area contributed by atoms with Crippen molar-refractivity contribution in [3.63, 3.8) is 0 Å². The van der Waals surface area contributed by atoms with E-state index in [4.69, 9.17) is 32.9 Å². The lowest BCUT2D eigenvalue weighted by atomic mass is 9.86. The van der Waals surface area contributed by atoms with Crippen LogP contribution in [-0.4, -0.2) is 36.4 Å². The number of aryl methyl sites for hydroxylation is 1. The number of hydrogen-bond donors (Lipinski definition) is 2. The van der Waals surface area contributed by atoms with Crippen LogP contribution in [-0.2, 0) is 20.1 Å². The first-order chi connectivity index (χ1) is 15.5. The predicted octanol–water partition coefficient (Wildman–Crippen LogP) is 4.04. The molecule has 0 bridgehead atoms. The first kappa shape index (κ1) is 23.3. The van der Waals surface area contributed by atoms with E-state index in [-0.39, 0.29) is 33.5 Å². The molecule has 2 heterocycles. The Morgan fingerprint density at radius 2 is 1.91 bits per heavy atom. The van der Waals surface area contributed by atoms with Crippen molar-refractivity contribution in [2.45, 2.75) is 31.2 Å². The first-order valence-electron chi connectivity index (χ1n) is 9.62. The van der Waals surface area contributed by atoms with Crippen molar-refractivity contribution in [1.82, 2.24) is 10.8 Å². The molecule has 1 saturated heterocycles. The van der Waals surface area contributed by atoms with E-state index in [0.717, 1.165) is 12.1 Å². The molecular formula is C21H16Cl2F3N3O4. The van der Waals surface area contributed by atoms with E-state index >= 15 is 0 Å². The van der Waals surface area contributed by atoms with Crippen molar-refractivity contribution < 1.29 is 32.4 Å². The lowest BCUT2D eigenvalue weighted by molar-refractivity contribution is -0.275. The van der Waals surface area contributed by atoms with Crippen LogP contribution in [0.5, 0.6) is 0 Å². The molecule has 174 valence electrons. The Morgan fingerprint density at radius 3 is 2.48 bits per heavy atom. The molecule has 0 aliphatic carbocycles. The molecule has 0 spiro atoms.